The van der Waals surface area contributed by atoms with Crippen LogP contribution in [0.3, 0.4) is 0 Å². The lowest BCUT2D eigenvalue weighted by molar-refractivity contribution is -0.137. The molecule has 3 rings (SSSR count). The number of para-hydroxylation sites is 1. The number of carbonyl (C=O) groups excluding carboxylic acids is 1. The van der Waals surface area contributed by atoms with Gasteiger partial charge in [-0.2, -0.15) is 0 Å². The van der Waals surface area contributed by atoms with Gasteiger partial charge in [0.25, 0.3) is 5.56 Å². The van der Waals surface area contributed by atoms with E-state index >= 15 is 0 Å². The van der Waals surface area contributed by atoms with Crippen LogP contribution in [-0.2, 0) is 4.79 Å². The zero-order valence-corrected chi connectivity index (χ0v) is 19.3. The van der Waals surface area contributed by atoms with Crippen LogP contribution in [0.4, 0.5) is 0 Å². The highest BCUT2D eigenvalue weighted by Gasteiger charge is 2.27. The Balaban J connectivity index is 2.20. The van der Waals surface area contributed by atoms with E-state index in [-0.39, 0.29) is 23.4 Å². The standard InChI is InChI=1S/C26H33N3O2/c1-6-7-10-17-28(25(30)18(2)3)20(5)24-27-23-12-9-8-11-22(23)26(31)29(24)21-15-13-19(4)14-16-21/h8-9,11-16,18,20H,6-7,10,17H2,1-5H3. The summed E-state index contributed by atoms with van der Waals surface area (Å²) in [5.74, 6) is 0.559. The summed E-state index contributed by atoms with van der Waals surface area (Å²) < 4.78 is 1.67. The lowest BCUT2D eigenvalue weighted by atomic mass is 10.1. The van der Waals surface area contributed by atoms with Gasteiger partial charge in [-0.25, -0.2) is 4.98 Å². The number of carbonyl (C=O) groups is 1. The van der Waals surface area contributed by atoms with Crippen LogP contribution in [0.25, 0.3) is 16.6 Å². The number of hydrogen-bond donors (Lipinski definition) is 0. The Labute approximate surface area is 184 Å². The fraction of sp³-hybridized carbons (Fsp3) is 0.423. The van der Waals surface area contributed by atoms with Crippen molar-refractivity contribution in [2.45, 2.75) is 59.9 Å². The van der Waals surface area contributed by atoms with Crippen molar-refractivity contribution in [3.05, 3.63) is 70.3 Å². The number of amides is 1. The minimum atomic E-state index is -0.328. The average molecular weight is 420 g/mol. The number of hydrogen-bond acceptors (Lipinski definition) is 3. The third-order valence-electron chi connectivity index (χ3n) is 5.71. The summed E-state index contributed by atoms with van der Waals surface area (Å²) in [4.78, 5) is 33.4. The predicted molar refractivity (Wildman–Crippen MR) is 127 cm³/mol. The summed E-state index contributed by atoms with van der Waals surface area (Å²) in [6, 6.07) is 14.9. The van der Waals surface area contributed by atoms with E-state index in [0.29, 0.717) is 23.3 Å². The highest BCUT2D eigenvalue weighted by Crippen LogP contribution is 2.25. The third kappa shape index (κ3) is 4.87. The molecule has 0 saturated carbocycles. The summed E-state index contributed by atoms with van der Waals surface area (Å²) in [7, 11) is 0. The Bertz CT molecular complexity index is 1100. The smallest absolute Gasteiger partial charge is 0.266 e. The molecule has 1 unspecified atom stereocenters. The molecule has 1 heterocycles. The van der Waals surface area contributed by atoms with Crippen molar-refractivity contribution in [1.82, 2.24) is 14.5 Å². The molecule has 3 aromatic rings. The maximum atomic E-state index is 13.5. The molecule has 31 heavy (non-hydrogen) atoms. The second kappa shape index (κ2) is 9.90. The van der Waals surface area contributed by atoms with Crippen molar-refractivity contribution in [3.8, 4) is 5.69 Å². The van der Waals surface area contributed by atoms with Crippen molar-refractivity contribution in [2.75, 3.05) is 6.54 Å². The van der Waals surface area contributed by atoms with Gasteiger partial charge < -0.3 is 4.90 Å². The topological polar surface area (TPSA) is 55.2 Å². The Kier molecular flexibility index (Phi) is 7.26. The van der Waals surface area contributed by atoms with Gasteiger partial charge in [0.2, 0.25) is 5.91 Å². The van der Waals surface area contributed by atoms with Crippen molar-refractivity contribution >= 4 is 16.8 Å². The van der Waals surface area contributed by atoms with Gasteiger partial charge >= 0.3 is 0 Å². The molecule has 164 valence electrons. The van der Waals surface area contributed by atoms with E-state index in [9.17, 15) is 9.59 Å². The molecule has 5 heteroatoms. The minimum Gasteiger partial charge on any atom is -0.333 e. The van der Waals surface area contributed by atoms with Gasteiger partial charge in [-0.1, -0.05) is 63.4 Å². The number of aromatic nitrogens is 2. The number of aryl methyl sites for hydroxylation is 1. The molecule has 0 spiro atoms. The van der Waals surface area contributed by atoms with Crippen LogP contribution in [0.15, 0.2) is 53.3 Å². The van der Waals surface area contributed by atoms with E-state index in [1.54, 1.807) is 4.57 Å². The molecular formula is C26H33N3O2. The van der Waals surface area contributed by atoms with Gasteiger partial charge in [-0.05, 0) is 44.5 Å². The van der Waals surface area contributed by atoms with Gasteiger partial charge in [0.15, 0.2) is 0 Å². The molecule has 0 aliphatic heterocycles. The minimum absolute atomic E-state index is 0.0847. The highest BCUT2D eigenvalue weighted by molar-refractivity contribution is 5.79. The van der Waals surface area contributed by atoms with Crippen LogP contribution < -0.4 is 5.56 Å². The van der Waals surface area contributed by atoms with E-state index in [1.807, 2.05) is 81.1 Å². The zero-order chi connectivity index (χ0) is 22.5. The van der Waals surface area contributed by atoms with Crippen LogP contribution in [-0.4, -0.2) is 26.9 Å². The molecule has 0 fully saturated rings. The number of unbranched alkanes of at least 4 members (excludes halogenated alkanes) is 2. The quantitative estimate of drug-likeness (QED) is 0.458. The van der Waals surface area contributed by atoms with Crippen molar-refractivity contribution in [1.29, 1.82) is 0 Å². The largest absolute Gasteiger partial charge is 0.333 e. The lowest BCUT2D eigenvalue weighted by Gasteiger charge is -2.32. The lowest BCUT2D eigenvalue weighted by Crippen LogP contribution is -2.40. The maximum absolute atomic E-state index is 13.5. The monoisotopic (exact) mass is 419 g/mol. The first kappa shape index (κ1) is 22.7. The molecule has 2 aromatic carbocycles. The Morgan fingerprint density at radius 3 is 2.35 bits per heavy atom. The third-order valence-corrected chi connectivity index (χ3v) is 5.71. The Morgan fingerprint density at radius 1 is 1.03 bits per heavy atom. The first-order valence-electron chi connectivity index (χ1n) is 11.2. The number of fused-ring (bicyclic) bond motifs is 1. The molecule has 0 bridgehead atoms. The Hall–Kier alpha value is -2.95. The van der Waals surface area contributed by atoms with E-state index < -0.39 is 0 Å². The summed E-state index contributed by atoms with van der Waals surface area (Å²) >= 11 is 0. The van der Waals surface area contributed by atoms with Gasteiger partial charge in [-0.15, -0.1) is 0 Å². The van der Waals surface area contributed by atoms with Crippen LogP contribution in [0.1, 0.15) is 64.4 Å². The fourth-order valence-corrected chi connectivity index (χ4v) is 3.87. The van der Waals surface area contributed by atoms with E-state index in [2.05, 4.69) is 6.92 Å². The van der Waals surface area contributed by atoms with Gasteiger partial charge in [0.1, 0.15) is 5.82 Å². The number of benzene rings is 2. The van der Waals surface area contributed by atoms with Gasteiger partial charge in [0.05, 0.1) is 22.6 Å². The molecule has 0 radical (unpaired) electrons. The van der Waals surface area contributed by atoms with Crippen molar-refractivity contribution in [2.24, 2.45) is 5.92 Å². The van der Waals surface area contributed by atoms with Crippen molar-refractivity contribution in [3.63, 3.8) is 0 Å². The van der Waals surface area contributed by atoms with Gasteiger partial charge in [0, 0.05) is 12.5 Å². The second-order valence-corrected chi connectivity index (χ2v) is 8.53. The number of rotatable bonds is 8. The van der Waals surface area contributed by atoms with Crippen LogP contribution in [0.2, 0.25) is 0 Å². The van der Waals surface area contributed by atoms with Gasteiger partial charge in [-0.3, -0.25) is 14.2 Å². The zero-order valence-electron chi connectivity index (χ0n) is 19.3. The summed E-state index contributed by atoms with van der Waals surface area (Å²) in [5, 5.41) is 0.576. The second-order valence-electron chi connectivity index (χ2n) is 8.53. The van der Waals surface area contributed by atoms with E-state index in [4.69, 9.17) is 4.98 Å². The molecule has 1 amide bonds. The molecule has 0 saturated heterocycles. The van der Waals surface area contributed by atoms with Crippen LogP contribution in [0.5, 0.6) is 0 Å². The first-order chi connectivity index (χ1) is 14.8. The van der Waals surface area contributed by atoms with E-state index in [1.165, 1.54) is 0 Å². The number of nitrogens with zero attached hydrogens (tertiary/aromatic N) is 3. The SMILES string of the molecule is CCCCCN(C(=O)C(C)C)C(C)c1nc2ccccc2c(=O)n1-c1ccc(C)cc1. The molecule has 0 aliphatic rings. The fourth-order valence-electron chi connectivity index (χ4n) is 3.87. The molecule has 0 aliphatic carbocycles. The normalized spacial score (nSPS) is 12.3. The van der Waals surface area contributed by atoms with Crippen LogP contribution in [0, 0.1) is 12.8 Å². The predicted octanol–water partition coefficient (Wildman–Crippen LogP) is 5.43. The van der Waals surface area contributed by atoms with Crippen molar-refractivity contribution < 1.29 is 4.79 Å². The molecule has 1 aromatic heterocycles. The molecule has 0 N–H and O–H groups in total. The summed E-state index contributed by atoms with van der Waals surface area (Å²) in [5.41, 5.74) is 2.43. The highest BCUT2D eigenvalue weighted by atomic mass is 16.2. The molecular weight excluding hydrogens is 386 g/mol. The van der Waals surface area contributed by atoms with E-state index in [0.717, 1.165) is 30.5 Å². The van der Waals surface area contributed by atoms with Crippen LogP contribution >= 0.6 is 0 Å². The summed E-state index contributed by atoms with van der Waals surface area (Å²) in [6.45, 7) is 10.6. The molecule has 5 nitrogen and oxygen atoms in total. The maximum Gasteiger partial charge on any atom is 0.266 e. The molecule has 1 atom stereocenters. The average Bonchev–Trinajstić information content (AvgIpc) is 2.76. The Morgan fingerprint density at radius 2 is 1.71 bits per heavy atom. The summed E-state index contributed by atoms with van der Waals surface area (Å²) in [6.07, 6.45) is 3.08. The first-order valence-corrected chi connectivity index (χ1v) is 11.2.